The first-order valence-corrected chi connectivity index (χ1v) is 5.55. The van der Waals surface area contributed by atoms with Crippen LogP contribution in [-0.2, 0) is 6.61 Å². The summed E-state index contributed by atoms with van der Waals surface area (Å²) in [5.74, 6) is 1.69. The molecule has 2 unspecified atom stereocenters. The van der Waals surface area contributed by atoms with Crippen LogP contribution in [0.25, 0.3) is 0 Å². The first-order valence-electron chi connectivity index (χ1n) is 5.55. The third kappa shape index (κ3) is 1.49. The molecular weight excluding hydrogens is 190 g/mol. The molecule has 1 aliphatic carbocycles. The Balaban J connectivity index is 1.81. The van der Waals surface area contributed by atoms with E-state index in [9.17, 15) is 0 Å². The Bertz CT molecular complexity index is 351. The number of nitrogens with zero attached hydrogens (tertiary/aromatic N) is 3. The summed E-state index contributed by atoms with van der Waals surface area (Å²) in [5, 5.41) is 8.91. The largest absolute Gasteiger partial charge is 0.392 e. The lowest BCUT2D eigenvalue weighted by molar-refractivity contribution is 0.281. The highest BCUT2D eigenvalue weighted by Gasteiger charge is 2.38. The number of hydrogen-bond donors (Lipinski definition) is 1. The van der Waals surface area contributed by atoms with Crippen LogP contribution in [0.15, 0.2) is 12.4 Å². The number of rotatable bonds is 2. The summed E-state index contributed by atoms with van der Waals surface area (Å²) in [4.78, 5) is 10.9. The van der Waals surface area contributed by atoms with Crippen molar-refractivity contribution in [2.45, 2.75) is 31.9 Å². The van der Waals surface area contributed by atoms with Gasteiger partial charge in [0, 0.05) is 30.5 Å². The Morgan fingerprint density at radius 3 is 2.67 bits per heavy atom. The minimum atomic E-state index is 0.0202. The lowest BCUT2D eigenvalue weighted by Crippen LogP contribution is -2.33. The molecule has 4 heteroatoms. The molecule has 15 heavy (non-hydrogen) atoms. The van der Waals surface area contributed by atoms with E-state index in [0.717, 1.165) is 24.0 Å². The fraction of sp³-hybridized carbons (Fsp3) is 0.636. The monoisotopic (exact) mass is 205 g/mol. The van der Waals surface area contributed by atoms with Crippen LogP contribution in [-0.4, -0.2) is 27.7 Å². The molecule has 0 radical (unpaired) electrons. The molecule has 1 aromatic heterocycles. The van der Waals surface area contributed by atoms with Gasteiger partial charge in [-0.05, 0) is 25.2 Å². The second-order valence-corrected chi connectivity index (χ2v) is 4.53. The van der Waals surface area contributed by atoms with Crippen molar-refractivity contribution in [3.05, 3.63) is 18.0 Å². The summed E-state index contributed by atoms with van der Waals surface area (Å²) in [6, 6.07) is 0.662. The van der Waals surface area contributed by atoms with Gasteiger partial charge in [0.25, 0.3) is 0 Å². The zero-order chi connectivity index (χ0) is 10.3. The van der Waals surface area contributed by atoms with Crippen LogP contribution >= 0.6 is 0 Å². The molecule has 3 rings (SSSR count). The van der Waals surface area contributed by atoms with Crippen molar-refractivity contribution in [2.75, 3.05) is 11.4 Å². The highest BCUT2D eigenvalue weighted by atomic mass is 16.3. The molecule has 2 bridgehead atoms. The maximum absolute atomic E-state index is 8.91. The van der Waals surface area contributed by atoms with Gasteiger partial charge in [0.1, 0.15) is 0 Å². The van der Waals surface area contributed by atoms with Crippen LogP contribution in [0.1, 0.15) is 24.8 Å². The number of fused-ring (bicyclic) bond motifs is 2. The van der Waals surface area contributed by atoms with Gasteiger partial charge < -0.3 is 10.0 Å². The summed E-state index contributed by atoms with van der Waals surface area (Å²) >= 11 is 0. The Labute approximate surface area is 89.0 Å². The normalized spacial score (nSPS) is 28.7. The van der Waals surface area contributed by atoms with Gasteiger partial charge in [-0.15, -0.1) is 0 Å². The van der Waals surface area contributed by atoms with E-state index in [1.807, 2.05) is 0 Å². The Morgan fingerprint density at radius 1 is 1.33 bits per heavy atom. The van der Waals surface area contributed by atoms with Crippen molar-refractivity contribution in [3.8, 4) is 0 Å². The molecule has 2 heterocycles. The molecule has 0 amide bonds. The standard InChI is InChI=1S/C11H15N3O/c15-7-9-4-12-11(13-5-9)14-6-8-1-2-10(14)3-8/h4-5,8,10,15H,1-3,6-7H2. The molecule has 4 nitrogen and oxygen atoms in total. The molecule has 1 saturated carbocycles. The molecule has 2 atom stereocenters. The maximum atomic E-state index is 8.91. The van der Waals surface area contributed by atoms with E-state index in [0.29, 0.717) is 6.04 Å². The van der Waals surface area contributed by atoms with Crippen molar-refractivity contribution < 1.29 is 5.11 Å². The highest BCUT2D eigenvalue weighted by Crippen LogP contribution is 2.38. The Kier molecular flexibility index (Phi) is 2.09. The quantitative estimate of drug-likeness (QED) is 0.781. The van der Waals surface area contributed by atoms with Gasteiger partial charge in [-0.25, -0.2) is 9.97 Å². The fourth-order valence-corrected chi connectivity index (χ4v) is 2.75. The topological polar surface area (TPSA) is 49.3 Å². The fourth-order valence-electron chi connectivity index (χ4n) is 2.75. The molecule has 1 saturated heterocycles. The lowest BCUT2D eigenvalue weighted by Gasteiger charge is -2.26. The molecule has 80 valence electrons. The van der Waals surface area contributed by atoms with Crippen molar-refractivity contribution in [1.82, 2.24) is 9.97 Å². The number of piperidine rings is 1. The van der Waals surface area contributed by atoms with E-state index in [-0.39, 0.29) is 6.61 Å². The molecular formula is C11H15N3O. The van der Waals surface area contributed by atoms with E-state index in [1.54, 1.807) is 12.4 Å². The number of anilines is 1. The van der Waals surface area contributed by atoms with Crippen molar-refractivity contribution >= 4 is 5.95 Å². The summed E-state index contributed by atoms with van der Waals surface area (Å²) in [7, 11) is 0. The molecule has 0 aromatic carbocycles. The van der Waals surface area contributed by atoms with Crippen LogP contribution in [0.2, 0.25) is 0 Å². The smallest absolute Gasteiger partial charge is 0.225 e. The predicted octanol–water partition coefficient (Wildman–Crippen LogP) is 0.958. The minimum Gasteiger partial charge on any atom is -0.392 e. The van der Waals surface area contributed by atoms with Gasteiger partial charge in [0.15, 0.2) is 0 Å². The highest BCUT2D eigenvalue weighted by molar-refractivity contribution is 5.35. The molecule has 1 aromatic rings. The van der Waals surface area contributed by atoms with Gasteiger partial charge in [0.2, 0.25) is 5.95 Å². The first kappa shape index (κ1) is 9.09. The average Bonchev–Trinajstić information content (AvgIpc) is 2.91. The number of aliphatic hydroxyl groups excluding tert-OH is 1. The van der Waals surface area contributed by atoms with Crippen LogP contribution in [0.5, 0.6) is 0 Å². The summed E-state index contributed by atoms with van der Waals surface area (Å²) < 4.78 is 0. The van der Waals surface area contributed by atoms with Crippen LogP contribution in [0.3, 0.4) is 0 Å². The van der Waals surface area contributed by atoms with Crippen molar-refractivity contribution in [3.63, 3.8) is 0 Å². The van der Waals surface area contributed by atoms with Crippen LogP contribution in [0.4, 0.5) is 5.95 Å². The minimum absolute atomic E-state index is 0.0202. The van der Waals surface area contributed by atoms with Crippen molar-refractivity contribution in [1.29, 1.82) is 0 Å². The van der Waals surface area contributed by atoms with Gasteiger partial charge in [-0.3, -0.25) is 0 Å². The van der Waals surface area contributed by atoms with Crippen LogP contribution in [0, 0.1) is 5.92 Å². The van der Waals surface area contributed by atoms with E-state index in [2.05, 4.69) is 14.9 Å². The SMILES string of the molecule is OCc1cnc(N2CC3CCC2C3)nc1. The van der Waals surface area contributed by atoms with Gasteiger partial charge in [0.05, 0.1) is 6.61 Å². The second-order valence-electron chi connectivity index (χ2n) is 4.53. The summed E-state index contributed by atoms with van der Waals surface area (Å²) in [5.41, 5.74) is 0.781. The third-order valence-corrected chi connectivity index (χ3v) is 3.54. The Morgan fingerprint density at radius 2 is 2.13 bits per heavy atom. The number of hydrogen-bond acceptors (Lipinski definition) is 4. The number of aliphatic hydroxyl groups is 1. The van der Waals surface area contributed by atoms with Crippen molar-refractivity contribution in [2.24, 2.45) is 5.92 Å². The zero-order valence-electron chi connectivity index (χ0n) is 8.63. The van der Waals surface area contributed by atoms with Gasteiger partial charge in [-0.2, -0.15) is 0 Å². The maximum Gasteiger partial charge on any atom is 0.225 e. The van der Waals surface area contributed by atoms with Crippen LogP contribution < -0.4 is 4.90 Å². The second kappa shape index (κ2) is 3.45. The summed E-state index contributed by atoms with van der Waals surface area (Å²) in [6.07, 6.45) is 7.40. The first-order chi connectivity index (χ1) is 7.36. The Hall–Kier alpha value is -1.16. The van der Waals surface area contributed by atoms with Gasteiger partial charge in [-0.1, -0.05) is 0 Å². The van der Waals surface area contributed by atoms with Gasteiger partial charge >= 0.3 is 0 Å². The van der Waals surface area contributed by atoms with E-state index >= 15 is 0 Å². The predicted molar refractivity (Wildman–Crippen MR) is 56.4 cm³/mol. The molecule has 1 aliphatic heterocycles. The summed E-state index contributed by atoms with van der Waals surface area (Å²) in [6.45, 7) is 1.13. The average molecular weight is 205 g/mol. The molecule has 0 spiro atoms. The lowest BCUT2D eigenvalue weighted by atomic mass is 10.1. The van der Waals surface area contributed by atoms with E-state index in [1.165, 1.54) is 19.3 Å². The molecule has 2 aliphatic rings. The third-order valence-electron chi connectivity index (χ3n) is 3.54. The zero-order valence-corrected chi connectivity index (χ0v) is 8.63. The molecule has 2 fully saturated rings. The number of aromatic nitrogens is 2. The van der Waals surface area contributed by atoms with E-state index in [4.69, 9.17) is 5.11 Å². The van der Waals surface area contributed by atoms with E-state index < -0.39 is 0 Å². The molecule has 1 N–H and O–H groups in total.